The van der Waals surface area contributed by atoms with Gasteiger partial charge in [-0.25, -0.2) is 9.97 Å². The molecule has 0 saturated heterocycles. The molecule has 168 valence electrons. The van der Waals surface area contributed by atoms with Gasteiger partial charge >= 0.3 is 0 Å². The summed E-state index contributed by atoms with van der Waals surface area (Å²) in [6.07, 6.45) is 9.90. The Balaban J connectivity index is 0.000000204. The van der Waals surface area contributed by atoms with Crippen LogP contribution in [0, 0.1) is 0 Å². The molecule has 3 aromatic heterocycles. The van der Waals surface area contributed by atoms with Gasteiger partial charge in [0.25, 0.3) is 0 Å². The Kier molecular flexibility index (Phi) is 6.45. The molecular weight excluding hydrogens is 420 g/mol. The van der Waals surface area contributed by atoms with Crippen LogP contribution in [0.3, 0.4) is 0 Å². The van der Waals surface area contributed by atoms with Crippen LogP contribution in [-0.4, -0.2) is 31.6 Å². The topological polar surface area (TPSA) is 77.6 Å². The first kappa shape index (κ1) is 21.6. The van der Waals surface area contributed by atoms with Crippen LogP contribution in [-0.2, 0) is 6.42 Å². The van der Waals surface area contributed by atoms with Gasteiger partial charge in [-0.2, -0.15) is 0 Å². The van der Waals surface area contributed by atoms with Crippen LogP contribution < -0.4 is 0 Å². The van der Waals surface area contributed by atoms with Gasteiger partial charge in [0.05, 0.1) is 22.8 Å². The fourth-order valence-corrected chi connectivity index (χ4v) is 3.87. The Morgan fingerprint density at radius 3 is 1.53 bits per heavy atom. The molecule has 0 saturated carbocycles. The van der Waals surface area contributed by atoms with Crippen molar-refractivity contribution >= 4 is 46.4 Å². The van der Waals surface area contributed by atoms with E-state index in [9.17, 15) is 0 Å². The molecule has 34 heavy (non-hydrogen) atoms. The molecule has 0 spiro atoms. The van der Waals surface area contributed by atoms with Crippen molar-refractivity contribution in [1.82, 2.24) is 19.9 Å². The Bertz CT molecular complexity index is 1400. The van der Waals surface area contributed by atoms with Crippen molar-refractivity contribution in [3.05, 3.63) is 107 Å². The first-order valence-corrected chi connectivity index (χ1v) is 11.4. The predicted molar refractivity (Wildman–Crippen MR) is 141 cm³/mol. The number of aliphatic hydroxyl groups excluding tert-OH is 1. The summed E-state index contributed by atoms with van der Waals surface area (Å²) in [5.74, 6) is 0. The Morgan fingerprint density at radius 1 is 0.559 bits per heavy atom. The summed E-state index contributed by atoms with van der Waals surface area (Å²) in [4.78, 5) is 16.0. The number of benzene rings is 1. The van der Waals surface area contributed by atoms with Gasteiger partial charge < -0.3 is 15.1 Å². The van der Waals surface area contributed by atoms with Crippen LogP contribution in [0.1, 0.15) is 34.8 Å². The zero-order valence-electron chi connectivity index (χ0n) is 18.8. The summed E-state index contributed by atoms with van der Waals surface area (Å²) in [5.41, 5.74) is 9.16. The molecule has 0 unspecified atom stereocenters. The fourth-order valence-electron chi connectivity index (χ4n) is 3.87. The minimum absolute atomic E-state index is 0.287. The molecule has 0 radical (unpaired) electrons. The number of fused-ring (bicyclic) bond motifs is 8. The van der Waals surface area contributed by atoms with Gasteiger partial charge in [0, 0.05) is 28.7 Å². The number of hydrogen-bond donors (Lipinski definition) is 3. The summed E-state index contributed by atoms with van der Waals surface area (Å²) < 4.78 is 0. The van der Waals surface area contributed by atoms with Crippen LogP contribution in [0.5, 0.6) is 0 Å². The van der Waals surface area contributed by atoms with E-state index >= 15 is 0 Å². The molecule has 4 aromatic rings. The molecule has 0 atom stereocenters. The Labute approximate surface area is 198 Å². The van der Waals surface area contributed by atoms with Gasteiger partial charge in [0.2, 0.25) is 0 Å². The molecule has 1 aromatic carbocycles. The molecule has 6 rings (SSSR count). The maximum absolute atomic E-state index is 8.53. The molecule has 0 amide bonds. The van der Waals surface area contributed by atoms with Gasteiger partial charge in [-0.3, -0.25) is 0 Å². The standard InChI is InChI=1S/C20H14N4.C9H12O/c1-2-14-10-16-5-6-18(23-16)12-20-8-7-19(24-20)11-17-4-3-15(22-17)9-13(1)21-14;10-8-4-7-9-5-2-1-3-6-9/h1-12,21-22H;1-3,5-6,10H,4,7-8H2. The number of aromatic nitrogens is 4. The molecule has 2 aliphatic heterocycles. The summed E-state index contributed by atoms with van der Waals surface area (Å²) in [7, 11) is 0. The number of aliphatic hydroxyl groups is 1. The second-order valence-corrected chi connectivity index (χ2v) is 8.22. The molecule has 3 N–H and O–H groups in total. The van der Waals surface area contributed by atoms with E-state index in [2.05, 4.69) is 62.4 Å². The zero-order valence-corrected chi connectivity index (χ0v) is 18.8. The lowest BCUT2D eigenvalue weighted by molar-refractivity contribution is 0.288. The largest absolute Gasteiger partial charge is 0.396 e. The SMILES string of the molecule is C1=Cc2cc3ccc(cc4ccc(cc5nc(cc1n2)C=C5)[nH]4)[nH]3.OCCCc1ccccc1. The minimum atomic E-state index is 0.287. The first-order valence-electron chi connectivity index (χ1n) is 11.4. The van der Waals surface area contributed by atoms with Crippen molar-refractivity contribution < 1.29 is 5.11 Å². The fraction of sp³-hybridized carbons (Fsp3) is 0.103. The molecule has 5 heterocycles. The second kappa shape index (κ2) is 10.1. The molecule has 5 heteroatoms. The number of hydrogen-bond acceptors (Lipinski definition) is 3. The number of nitrogens with one attached hydrogen (secondary N) is 2. The number of aromatic amines is 2. The highest BCUT2D eigenvalue weighted by atomic mass is 16.2. The van der Waals surface area contributed by atoms with Crippen molar-refractivity contribution in [2.75, 3.05) is 6.61 Å². The van der Waals surface area contributed by atoms with Gasteiger partial charge in [0.15, 0.2) is 0 Å². The van der Waals surface area contributed by atoms with Crippen LogP contribution in [0.15, 0.2) is 78.9 Å². The first-order chi connectivity index (χ1) is 16.7. The third kappa shape index (κ3) is 5.57. The smallest absolute Gasteiger partial charge is 0.0659 e. The maximum Gasteiger partial charge on any atom is 0.0659 e. The molecular formula is C29H26N4O. The lowest BCUT2D eigenvalue weighted by atomic mass is 10.1. The maximum atomic E-state index is 8.53. The monoisotopic (exact) mass is 446 g/mol. The molecule has 8 bridgehead atoms. The van der Waals surface area contributed by atoms with E-state index in [4.69, 9.17) is 5.11 Å². The number of rotatable bonds is 3. The summed E-state index contributed by atoms with van der Waals surface area (Å²) in [6.45, 7) is 0.287. The van der Waals surface area contributed by atoms with Crippen LogP contribution in [0.2, 0.25) is 0 Å². The van der Waals surface area contributed by atoms with E-state index in [1.807, 2.05) is 60.7 Å². The molecule has 5 nitrogen and oxygen atoms in total. The van der Waals surface area contributed by atoms with E-state index in [1.165, 1.54) is 5.56 Å². The normalized spacial score (nSPS) is 11.8. The van der Waals surface area contributed by atoms with Gasteiger partial charge in [0.1, 0.15) is 0 Å². The summed E-state index contributed by atoms with van der Waals surface area (Å²) >= 11 is 0. The number of H-pyrrole nitrogens is 2. The van der Waals surface area contributed by atoms with E-state index in [1.54, 1.807) is 0 Å². The van der Waals surface area contributed by atoms with E-state index in [0.717, 1.165) is 57.7 Å². The molecule has 2 aliphatic rings. The minimum Gasteiger partial charge on any atom is -0.396 e. The van der Waals surface area contributed by atoms with E-state index in [0.29, 0.717) is 0 Å². The van der Waals surface area contributed by atoms with E-state index < -0.39 is 0 Å². The van der Waals surface area contributed by atoms with Gasteiger partial charge in [-0.15, -0.1) is 0 Å². The Hall–Kier alpha value is -4.22. The number of aryl methyl sites for hydroxylation is 1. The highest BCUT2D eigenvalue weighted by Crippen LogP contribution is 2.17. The van der Waals surface area contributed by atoms with Crippen molar-refractivity contribution in [2.24, 2.45) is 0 Å². The molecule has 0 aliphatic carbocycles. The third-order valence-electron chi connectivity index (χ3n) is 5.51. The van der Waals surface area contributed by atoms with Crippen molar-refractivity contribution in [3.63, 3.8) is 0 Å². The van der Waals surface area contributed by atoms with Gasteiger partial charge in [-0.1, -0.05) is 30.3 Å². The van der Waals surface area contributed by atoms with Gasteiger partial charge in [-0.05, 0) is 91.2 Å². The summed E-state index contributed by atoms with van der Waals surface area (Å²) in [6, 6.07) is 26.6. The quantitative estimate of drug-likeness (QED) is 0.300. The zero-order chi connectivity index (χ0) is 23.2. The summed E-state index contributed by atoms with van der Waals surface area (Å²) in [5, 5.41) is 8.53. The molecule has 0 fully saturated rings. The average molecular weight is 447 g/mol. The average Bonchev–Trinajstić information content (AvgIpc) is 3.65. The highest BCUT2D eigenvalue weighted by molar-refractivity contribution is 5.77. The van der Waals surface area contributed by atoms with Crippen molar-refractivity contribution in [1.29, 1.82) is 0 Å². The lowest BCUT2D eigenvalue weighted by Crippen LogP contribution is -1.87. The lowest BCUT2D eigenvalue weighted by Gasteiger charge is -1.96. The van der Waals surface area contributed by atoms with Crippen molar-refractivity contribution in [3.8, 4) is 0 Å². The van der Waals surface area contributed by atoms with Crippen molar-refractivity contribution in [2.45, 2.75) is 12.8 Å². The van der Waals surface area contributed by atoms with Crippen LogP contribution >= 0.6 is 0 Å². The third-order valence-corrected chi connectivity index (χ3v) is 5.51. The second-order valence-electron chi connectivity index (χ2n) is 8.22. The highest BCUT2D eigenvalue weighted by Gasteiger charge is 2.02. The van der Waals surface area contributed by atoms with Crippen LogP contribution in [0.25, 0.3) is 46.4 Å². The predicted octanol–water partition coefficient (Wildman–Crippen LogP) is 6.27. The number of nitrogens with zero attached hydrogens (tertiary/aromatic N) is 2. The van der Waals surface area contributed by atoms with Crippen LogP contribution in [0.4, 0.5) is 0 Å². The van der Waals surface area contributed by atoms with E-state index in [-0.39, 0.29) is 6.61 Å². The Morgan fingerprint density at radius 2 is 1.03 bits per heavy atom.